The highest BCUT2D eigenvalue weighted by Crippen LogP contribution is 2.24. The van der Waals surface area contributed by atoms with Crippen LogP contribution in [0, 0.1) is 0 Å². The minimum atomic E-state index is -0.153. The number of urea groups is 1. The zero-order valence-corrected chi connectivity index (χ0v) is 14.4. The predicted octanol–water partition coefficient (Wildman–Crippen LogP) is 2.34. The van der Waals surface area contributed by atoms with Crippen molar-refractivity contribution in [2.24, 2.45) is 0 Å². The number of benzene rings is 1. The number of para-hydroxylation sites is 2. The molecule has 3 rings (SSSR count). The van der Waals surface area contributed by atoms with Gasteiger partial charge >= 0.3 is 6.03 Å². The maximum atomic E-state index is 12.5. The SMILES string of the molecule is CN(C)c1ccccc1NC(=O)N1CCN(C(=O)c2ccco2)CC1. The quantitative estimate of drug-likeness (QED) is 0.929. The molecule has 0 unspecified atom stereocenters. The van der Waals surface area contributed by atoms with Gasteiger partial charge in [0.2, 0.25) is 0 Å². The molecule has 0 spiro atoms. The van der Waals surface area contributed by atoms with Crippen molar-refractivity contribution in [2.75, 3.05) is 50.5 Å². The monoisotopic (exact) mass is 342 g/mol. The summed E-state index contributed by atoms with van der Waals surface area (Å²) in [5, 5.41) is 2.96. The number of carbonyl (C=O) groups excluding carboxylic acids is 2. The van der Waals surface area contributed by atoms with E-state index in [1.165, 1.54) is 6.26 Å². The Kier molecular flexibility index (Phi) is 4.92. The minimum absolute atomic E-state index is 0.136. The highest BCUT2D eigenvalue weighted by Gasteiger charge is 2.26. The molecule has 1 aromatic heterocycles. The third-order valence-corrected chi connectivity index (χ3v) is 4.21. The molecule has 0 atom stereocenters. The Hall–Kier alpha value is -2.96. The van der Waals surface area contributed by atoms with Gasteiger partial charge in [0.05, 0.1) is 17.6 Å². The van der Waals surface area contributed by atoms with Crippen molar-refractivity contribution in [1.29, 1.82) is 0 Å². The summed E-state index contributed by atoms with van der Waals surface area (Å²) in [5.74, 6) is 0.195. The van der Waals surface area contributed by atoms with E-state index >= 15 is 0 Å². The van der Waals surface area contributed by atoms with Crippen molar-refractivity contribution in [1.82, 2.24) is 9.80 Å². The lowest BCUT2D eigenvalue weighted by Crippen LogP contribution is -2.51. The van der Waals surface area contributed by atoms with Crippen molar-refractivity contribution in [3.63, 3.8) is 0 Å². The number of carbonyl (C=O) groups is 2. The Morgan fingerprint density at radius 2 is 1.68 bits per heavy atom. The number of anilines is 2. The van der Waals surface area contributed by atoms with Crippen molar-refractivity contribution in [2.45, 2.75) is 0 Å². The van der Waals surface area contributed by atoms with Gasteiger partial charge in [-0.15, -0.1) is 0 Å². The topological polar surface area (TPSA) is 69.0 Å². The number of hydrogen-bond acceptors (Lipinski definition) is 4. The number of furan rings is 1. The van der Waals surface area contributed by atoms with Gasteiger partial charge < -0.3 is 24.4 Å². The van der Waals surface area contributed by atoms with Crippen molar-refractivity contribution in [3.05, 3.63) is 48.4 Å². The lowest BCUT2D eigenvalue weighted by atomic mass is 10.2. The fraction of sp³-hybridized carbons (Fsp3) is 0.333. The number of piperazine rings is 1. The molecule has 25 heavy (non-hydrogen) atoms. The number of rotatable bonds is 3. The lowest BCUT2D eigenvalue weighted by Gasteiger charge is -2.34. The second kappa shape index (κ2) is 7.29. The van der Waals surface area contributed by atoms with Crippen LogP contribution in [0.3, 0.4) is 0 Å². The largest absolute Gasteiger partial charge is 0.459 e. The molecule has 1 N–H and O–H groups in total. The first-order chi connectivity index (χ1) is 12.1. The Bertz CT molecular complexity index is 735. The van der Waals surface area contributed by atoms with Gasteiger partial charge in [0.1, 0.15) is 0 Å². The third kappa shape index (κ3) is 3.76. The summed E-state index contributed by atoms with van der Waals surface area (Å²) in [6.45, 7) is 1.95. The Morgan fingerprint density at radius 3 is 2.32 bits per heavy atom. The number of hydrogen-bond donors (Lipinski definition) is 1. The summed E-state index contributed by atoms with van der Waals surface area (Å²) in [6, 6.07) is 10.9. The van der Waals surface area contributed by atoms with E-state index in [0.717, 1.165) is 11.4 Å². The molecular weight excluding hydrogens is 320 g/mol. The molecule has 1 saturated heterocycles. The van der Waals surface area contributed by atoms with Crippen LogP contribution < -0.4 is 10.2 Å². The molecule has 0 saturated carbocycles. The van der Waals surface area contributed by atoms with Gasteiger partial charge in [0.15, 0.2) is 5.76 Å². The molecule has 3 amide bonds. The van der Waals surface area contributed by atoms with Crippen LogP contribution >= 0.6 is 0 Å². The molecule has 2 aromatic rings. The summed E-state index contributed by atoms with van der Waals surface area (Å²) >= 11 is 0. The van der Waals surface area contributed by atoms with E-state index in [-0.39, 0.29) is 11.9 Å². The normalized spacial score (nSPS) is 14.3. The smallest absolute Gasteiger partial charge is 0.322 e. The zero-order chi connectivity index (χ0) is 17.8. The summed E-state index contributed by atoms with van der Waals surface area (Å²) < 4.78 is 5.15. The zero-order valence-electron chi connectivity index (χ0n) is 14.4. The maximum Gasteiger partial charge on any atom is 0.322 e. The van der Waals surface area contributed by atoms with E-state index in [2.05, 4.69) is 5.32 Å². The first-order valence-electron chi connectivity index (χ1n) is 8.21. The molecule has 1 aliphatic heterocycles. The second-order valence-corrected chi connectivity index (χ2v) is 6.10. The second-order valence-electron chi connectivity index (χ2n) is 6.10. The first-order valence-corrected chi connectivity index (χ1v) is 8.21. The van der Waals surface area contributed by atoms with E-state index < -0.39 is 0 Å². The highest BCUT2D eigenvalue weighted by molar-refractivity contribution is 5.94. The summed E-state index contributed by atoms with van der Waals surface area (Å²) in [7, 11) is 3.87. The maximum absolute atomic E-state index is 12.5. The van der Waals surface area contributed by atoms with Crippen LogP contribution in [0.15, 0.2) is 47.1 Å². The van der Waals surface area contributed by atoms with Crippen LogP contribution in [-0.4, -0.2) is 62.0 Å². The molecule has 1 aromatic carbocycles. The Morgan fingerprint density at radius 1 is 1.00 bits per heavy atom. The molecule has 0 radical (unpaired) electrons. The number of amides is 3. The molecule has 7 heteroatoms. The van der Waals surface area contributed by atoms with Crippen LogP contribution in [0.1, 0.15) is 10.6 Å². The average Bonchev–Trinajstić information content (AvgIpc) is 3.16. The molecule has 0 bridgehead atoms. The van der Waals surface area contributed by atoms with Crippen LogP contribution in [-0.2, 0) is 0 Å². The van der Waals surface area contributed by atoms with Crippen molar-refractivity contribution < 1.29 is 14.0 Å². The molecule has 132 valence electrons. The van der Waals surface area contributed by atoms with Crippen LogP contribution in [0.25, 0.3) is 0 Å². The molecule has 0 aliphatic carbocycles. The van der Waals surface area contributed by atoms with Crippen LogP contribution in [0.2, 0.25) is 0 Å². The fourth-order valence-corrected chi connectivity index (χ4v) is 2.83. The van der Waals surface area contributed by atoms with E-state index in [9.17, 15) is 9.59 Å². The molecule has 1 fully saturated rings. The van der Waals surface area contributed by atoms with E-state index in [1.807, 2.05) is 43.3 Å². The molecule has 7 nitrogen and oxygen atoms in total. The van der Waals surface area contributed by atoms with Crippen molar-refractivity contribution >= 4 is 23.3 Å². The number of nitrogens with zero attached hydrogens (tertiary/aromatic N) is 3. The molecular formula is C18H22N4O3. The minimum Gasteiger partial charge on any atom is -0.459 e. The molecule has 1 aliphatic rings. The summed E-state index contributed by atoms with van der Waals surface area (Å²) in [5.41, 5.74) is 1.72. The van der Waals surface area contributed by atoms with Gasteiger partial charge in [-0.05, 0) is 24.3 Å². The first kappa shape index (κ1) is 16.9. The Labute approximate surface area is 146 Å². The lowest BCUT2D eigenvalue weighted by molar-refractivity contribution is 0.0640. The standard InChI is InChI=1S/C18H22N4O3/c1-20(2)15-7-4-3-6-14(15)19-18(24)22-11-9-21(10-12-22)17(23)16-8-5-13-25-16/h3-8,13H,9-12H2,1-2H3,(H,19,24). The summed E-state index contributed by atoms with van der Waals surface area (Å²) in [6.07, 6.45) is 1.49. The van der Waals surface area contributed by atoms with Gasteiger partial charge in [-0.3, -0.25) is 4.79 Å². The predicted molar refractivity (Wildman–Crippen MR) is 96.0 cm³/mol. The van der Waals surface area contributed by atoms with Gasteiger partial charge in [-0.25, -0.2) is 4.79 Å². The summed E-state index contributed by atoms with van der Waals surface area (Å²) in [4.78, 5) is 30.2. The van der Waals surface area contributed by atoms with Gasteiger partial charge in [0.25, 0.3) is 5.91 Å². The van der Waals surface area contributed by atoms with E-state index in [1.54, 1.807) is 21.9 Å². The van der Waals surface area contributed by atoms with E-state index in [4.69, 9.17) is 4.42 Å². The van der Waals surface area contributed by atoms with Gasteiger partial charge in [-0.1, -0.05) is 12.1 Å². The molecule has 2 heterocycles. The van der Waals surface area contributed by atoms with E-state index in [0.29, 0.717) is 31.9 Å². The van der Waals surface area contributed by atoms with Gasteiger partial charge in [-0.2, -0.15) is 0 Å². The highest BCUT2D eigenvalue weighted by atomic mass is 16.3. The fourth-order valence-electron chi connectivity index (χ4n) is 2.83. The third-order valence-electron chi connectivity index (χ3n) is 4.21. The van der Waals surface area contributed by atoms with Crippen LogP contribution in [0.4, 0.5) is 16.2 Å². The van der Waals surface area contributed by atoms with Crippen LogP contribution in [0.5, 0.6) is 0 Å². The Balaban J connectivity index is 1.58. The number of nitrogens with one attached hydrogen (secondary N) is 1. The average molecular weight is 342 g/mol. The van der Waals surface area contributed by atoms with Crippen molar-refractivity contribution in [3.8, 4) is 0 Å². The van der Waals surface area contributed by atoms with Gasteiger partial charge in [0, 0.05) is 40.3 Å².